The second kappa shape index (κ2) is 5.53. The summed E-state index contributed by atoms with van der Waals surface area (Å²) in [5, 5.41) is 0.260. The van der Waals surface area contributed by atoms with Crippen molar-refractivity contribution < 1.29 is 9.53 Å². The molecule has 6 heteroatoms. The minimum atomic E-state index is 0.260. The van der Waals surface area contributed by atoms with Crippen LogP contribution in [0, 0.1) is 0 Å². The Morgan fingerprint density at radius 2 is 2.35 bits per heavy atom. The largest absolute Gasteiger partial charge is 0.497 e. The molecule has 17 heavy (non-hydrogen) atoms. The lowest BCUT2D eigenvalue weighted by Gasteiger charge is -2.01. The lowest BCUT2D eigenvalue weighted by Crippen LogP contribution is -1.81. The molecule has 1 aromatic carbocycles. The number of nitrogens with zero attached hydrogens (tertiary/aromatic N) is 1. The van der Waals surface area contributed by atoms with Crippen molar-refractivity contribution in [2.24, 2.45) is 0 Å². The maximum atomic E-state index is 10.7. The van der Waals surface area contributed by atoms with Crippen LogP contribution in [0.1, 0.15) is 9.67 Å². The van der Waals surface area contributed by atoms with E-state index in [1.165, 1.54) is 23.1 Å². The molecule has 0 amide bonds. The highest BCUT2D eigenvalue weighted by molar-refractivity contribution is 8.01. The first-order valence-electron chi connectivity index (χ1n) is 4.66. The standard InChI is InChI=1S/C11H8ClNO2S2/c1-15-7-3-2-4-8(5-7)16-11-13-10(12)9(6-14)17-11/h2-6H,1H3. The minimum Gasteiger partial charge on any atom is -0.497 e. The van der Waals surface area contributed by atoms with Crippen molar-refractivity contribution in [3.05, 3.63) is 34.3 Å². The smallest absolute Gasteiger partial charge is 0.163 e. The summed E-state index contributed by atoms with van der Waals surface area (Å²) in [5.74, 6) is 0.785. The molecule has 0 N–H and O–H groups in total. The molecule has 0 radical (unpaired) electrons. The first kappa shape index (κ1) is 12.4. The van der Waals surface area contributed by atoms with Gasteiger partial charge in [0.05, 0.1) is 7.11 Å². The summed E-state index contributed by atoms with van der Waals surface area (Å²) in [4.78, 5) is 16.2. The van der Waals surface area contributed by atoms with Crippen molar-refractivity contribution in [3.8, 4) is 5.75 Å². The number of carbonyl (C=O) groups excluding carboxylic acids is 1. The topological polar surface area (TPSA) is 39.2 Å². The van der Waals surface area contributed by atoms with E-state index in [-0.39, 0.29) is 5.15 Å². The summed E-state index contributed by atoms with van der Waals surface area (Å²) in [5.41, 5.74) is 0. The zero-order valence-corrected chi connectivity index (χ0v) is 11.2. The summed E-state index contributed by atoms with van der Waals surface area (Å²) in [6.45, 7) is 0. The van der Waals surface area contributed by atoms with E-state index in [1.807, 2.05) is 24.3 Å². The highest BCUT2D eigenvalue weighted by Crippen LogP contribution is 2.35. The van der Waals surface area contributed by atoms with Crippen LogP contribution in [0.15, 0.2) is 33.5 Å². The third-order valence-corrected chi connectivity index (χ3v) is 4.37. The van der Waals surface area contributed by atoms with Crippen LogP contribution in [0.25, 0.3) is 0 Å². The molecule has 0 atom stereocenters. The van der Waals surface area contributed by atoms with Crippen LogP contribution in [0.3, 0.4) is 0 Å². The van der Waals surface area contributed by atoms with Crippen molar-refractivity contribution in [1.29, 1.82) is 0 Å². The Labute approximate surface area is 112 Å². The van der Waals surface area contributed by atoms with Gasteiger partial charge in [0.2, 0.25) is 0 Å². The molecule has 1 aromatic heterocycles. The molecule has 0 aliphatic heterocycles. The van der Waals surface area contributed by atoms with Crippen molar-refractivity contribution >= 4 is 41.0 Å². The van der Waals surface area contributed by atoms with Crippen LogP contribution in [0.4, 0.5) is 0 Å². The van der Waals surface area contributed by atoms with Crippen LogP contribution >= 0.6 is 34.7 Å². The molecule has 3 nitrogen and oxygen atoms in total. The van der Waals surface area contributed by atoms with Crippen molar-refractivity contribution in [2.75, 3.05) is 7.11 Å². The first-order chi connectivity index (χ1) is 8.22. The molecule has 0 aliphatic carbocycles. The normalized spacial score (nSPS) is 10.2. The van der Waals surface area contributed by atoms with Gasteiger partial charge < -0.3 is 4.74 Å². The number of aromatic nitrogens is 1. The summed E-state index contributed by atoms with van der Waals surface area (Å²) in [6.07, 6.45) is 0.718. The maximum Gasteiger partial charge on any atom is 0.163 e. The van der Waals surface area contributed by atoms with Crippen LogP contribution < -0.4 is 4.74 Å². The SMILES string of the molecule is COc1cccc(Sc2nc(Cl)c(C=O)s2)c1. The number of benzene rings is 1. The van der Waals surface area contributed by atoms with Gasteiger partial charge in [0.1, 0.15) is 10.6 Å². The van der Waals surface area contributed by atoms with Gasteiger partial charge in [-0.2, -0.15) is 0 Å². The summed E-state index contributed by atoms with van der Waals surface area (Å²) in [7, 11) is 1.62. The number of rotatable bonds is 4. The number of methoxy groups -OCH3 is 1. The van der Waals surface area contributed by atoms with E-state index in [0.717, 1.165) is 21.3 Å². The highest BCUT2D eigenvalue weighted by atomic mass is 35.5. The molecule has 0 saturated heterocycles. The zero-order chi connectivity index (χ0) is 12.3. The van der Waals surface area contributed by atoms with E-state index >= 15 is 0 Å². The van der Waals surface area contributed by atoms with Crippen LogP contribution in [-0.4, -0.2) is 18.4 Å². The molecule has 0 spiro atoms. The maximum absolute atomic E-state index is 10.7. The third kappa shape index (κ3) is 3.00. The Morgan fingerprint density at radius 1 is 1.53 bits per heavy atom. The van der Waals surface area contributed by atoms with Gasteiger partial charge in [0.25, 0.3) is 0 Å². The molecule has 2 aromatic rings. The number of carbonyl (C=O) groups is 1. The van der Waals surface area contributed by atoms with E-state index in [4.69, 9.17) is 16.3 Å². The average molecular weight is 286 g/mol. The van der Waals surface area contributed by atoms with Crippen molar-refractivity contribution in [2.45, 2.75) is 9.24 Å². The number of halogens is 1. The monoisotopic (exact) mass is 285 g/mol. The first-order valence-corrected chi connectivity index (χ1v) is 6.67. The van der Waals surface area contributed by atoms with Gasteiger partial charge in [-0.15, -0.1) is 11.3 Å². The summed E-state index contributed by atoms with van der Waals surface area (Å²) < 4.78 is 5.87. The van der Waals surface area contributed by atoms with E-state index in [9.17, 15) is 4.79 Å². The van der Waals surface area contributed by atoms with Crippen LogP contribution in [0.2, 0.25) is 5.15 Å². The Morgan fingerprint density at radius 3 is 3.00 bits per heavy atom. The van der Waals surface area contributed by atoms with E-state index < -0.39 is 0 Å². The summed E-state index contributed by atoms with van der Waals surface area (Å²) >= 11 is 8.53. The van der Waals surface area contributed by atoms with Gasteiger partial charge in [-0.3, -0.25) is 4.79 Å². The molecule has 0 unspecified atom stereocenters. The predicted octanol–water partition coefficient (Wildman–Crippen LogP) is 3.77. The fraction of sp³-hybridized carbons (Fsp3) is 0.0909. The van der Waals surface area contributed by atoms with Crippen LogP contribution in [-0.2, 0) is 0 Å². The molecule has 0 aliphatic rings. The minimum absolute atomic E-state index is 0.260. The number of thiazole rings is 1. The fourth-order valence-corrected chi connectivity index (χ4v) is 3.41. The number of ether oxygens (including phenoxy) is 1. The fourth-order valence-electron chi connectivity index (χ4n) is 1.18. The van der Waals surface area contributed by atoms with E-state index in [2.05, 4.69) is 4.98 Å². The molecular weight excluding hydrogens is 278 g/mol. The molecule has 88 valence electrons. The van der Waals surface area contributed by atoms with Crippen LogP contribution in [0.5, 0.6) is 5.75 Å². The molecule has 1 heterocycles. The molecule has 0 fully saturated rings. The molecule has 2 rings (SSSR count). The van der Waals surface area contributed by atoms with Gasteiger partial charge in [0, 0.05) is 4.90 Å². The van der Waals surface area contributed by atoms with Gasteiger partial charge in [-0.25, -0.2) is 4.98 Å². The average Bonchev–Trinajstić information content (AvgIpc) is 2.69. The third-order valence-electron chi connectivity index (χ3n) is 1.94. The van der Waals surface area contributed by atoms with Gasteiger partial charge in [-0.1, -0.05) is 29.4 Å². The molecule has 0 bridgehead atoms. The van der Waals surface area contributed by atoms with E-state index in [1.54, 1.807) is 7.11 Å². The van der Waals surface area contributed by atoms with E-state index in [0.29, 0.717) is 4.88 Å². The lowest BCUT2D eigenvalue weighted by atomic mass is 10.3. The van der Waals surface area contributed by atoms with Crippen molar-refractivity contribution in [1.82, 2.24) is 4.98 Å². The lowest BCUT2D eigenvalue weighted by molar-refractivity contribution is 0.112. The Hall–Kier alpha value is -1.04. The Balaban J connectivity index is 2.21. The second-order valence-electron chi connectivity index (χ2n) is 3.03. The summed E-state index contributed by atoms with van der Waals surface area (Å²) in [6, 6.07) is 7.62. The molecular formula is C11H8ClNO2S2. The van der Waals surface area contributed by atoms with Gasteiger partial charge in [-0.05, 0) is 18.2 Å². The highest BCUT2D eigenvalue weighted by Gasteiger charge is 2.09. The Bertz CT molecular complexity index is 542. The zero-order valence-electron chi connectivity index (χ0n) is 8.84. The van der Waals surface area contributed by atoms with Gasteiger partial charge in [0.15, 0.2) is 15.8 Å². The second-order valence-corrected chi connectivity index (χ2v) is 5.74. The number of aldehydes is 1. The Kier molecular flexibility index (Phi) is 4.04. The number of hydrogen-bond acceptors (Lipinski definition) is 5. The van der Waals surface area contributed by atoms with Gasteiger partial charge >= 0.3 is 0 Å². The quantitative estimate of drug-likeness (QED) is 0.802. The van der Waals surface area contributed by atoms with Crippen molar-refractivity contribution in [3.63, 3.8) is 0 Å². The predicted molar refractivity (Wildman–Crippen MR) is 69.6 cm³/mol. The molecule has 0 saturated carbocycles. The number of hydrogen-bond donors (Lipinski definition) is 0.